The van der Waals surface area contributed by atoms with Crippen molar-refractivity contribution in [3.8, 4) is 0 Å². The van der Waals surface area contributed by atoms with Crippen LogP contribution in [0.3, 0.4) is 0 Å². The van der Waals surface area contributed by atoms with Crippen molar-refractivity contribution in [3.05, 3.63) is 24.9 Å². The van der Waals surface area contributed by atoms with E-state index in [9.17, 15) is 0 Å². The first kappa shape index (κ1) is 7.95. The van der Waals surface area contributed by atoms with Crippen molar-refractivity contribution in [3.63, 3.8) is 0 Å². The van der Waals surface area contributed by atoms with Gasteiger partial charge in [0.25, 0.3) is 0 Å². The highest BCUT2D eigenvalue weighted by Crippen LogP contribution is 1.79. The highest BCUT2D eigenvalue weighted by molar-refractivity contribution is 5.80. The Morgan fingerprint density at radius 2 is 2.44 bits per heavy atom. The van der Waals surface area contributed by atoms with Gasteiger partial charge in [-0.1, -0.05) is 19.6 Å². The van der Waals surface area contributed by atoms with Gasteiger partial charge in [-0.15, -0.1) is 0 Å². The summed E-state index contributed by atoms with van der Waals surface area (Å²) < 4.78 is 0. The number of hydrogen-bond acceptors (Lipinski definition) is 1. The lowest BCUT2D eigenvalue weighted by Gasteiger charge is -1.87. The Hall–Kier alpha value is -1.05. The van der Waals surface area contributed by atoms with Crippen molar-refractivity contribution in [2.24, 2.45) is 10.7 Å². The zero-order valence-corrected chi connectivity index (χ0v) is 5.67. The third-order valence-electron chi connectivity index (χ3n) is 0.825. The number of nitrogens with two attached hydrogens (primary N) is 1. The van der Waals surface area contributed by atoms with Crippen LogP contribution in [0.1, 0.15) is 13.3 Å². The molecule has 0 bridgehead atoms. The van der Waals surface area contributed by atoms with Crippen molar-refractivity contribution in [1.29, 1.82) is 0 Å². The van der Waals surface area contributed by atoms with E-state index in [1.165, 1.54) is 0 Å². The second-order valence-electron chi connectivity index (χ2n) is 1.55. The summed E-state index contributed by atoms with van der Waals surface area (Å²) in [6, 6.07) is 0. The van der Waals surface area contributed by atoms with Crippen LogP contribution >= 0.6 is 0 Å². The van der Waals surface area contributed by atoms with E-state index in [4.69, 9.17) is 5.73 Å². The van der Waals surface area contributed by atoms with Gasteiger partial charge in [0.1, 0.15) is 0 Å². The molecule has 0 fully saturated rings. The summed E-state index contributed by atoms with van der Waals surface area (Å²) in [6.07, 6.45) is 5.82. The molecule has 2 N–H and O–H groups in total. The van der Waals surface area contributed by atoms with E-state index in [0.29, 0.717) is 5.84 Å². The van der Waals surface area contributed by atoms with Crippen molar-refractivity contribution in [1.82, 2.24) is 0 Å². The molecule has 0 aliphatic carbocycles. The summed E-state index contributed by atoms with van der Waals surface area (Å²) in [5.41, 5.74) is 5.38. The first-order valence-electron chi connectivity index (χ1n) is 2.91. The summed E-state index contributed by atoms with van der Waals surface area (Å²) >= 11 is 0. The van der Waals surface area contributed by atoms with E-state index in [1.54, 1.807) is 18.4 Å². The monoisotopic (exact) mass is 124 g/mol. The SMILES string of the molecule is C=C/C=C/N=C(N)CC. The summed E-state index contributed by atoms with van der Waals surface area (Å²) in [4.78, 5) is 3.88. The summed E-state index contributed by atoms with van der Waals surface area (Å²) in [7, 11) is 0. The van der Waals surface area contributed by atoms with Crippen LogP contribution in [0.15, 0.2) is 29.9 Å². The van der Waals surface area contributed by atoms with Gasteiger partial charge in [-0.2, -0.15) is 0 Å². The fourth-order valence-corrected chi connectivity index (χ4v) is 0.291. The molecule has 0 saturated heterocycles. The molecule has 0 aromatic heterocycles. The number of nitrogens with zero attached hydrogens (tertiary/aromatic N) is 1. The Labute approximate surface area is 55.8 Å². The lowest BCUT2D eigenvalue weighted by Crippen LogP contribution is -2.08. The maximum atomic E-state index is 5.38. The molecule has 0 unspecified atom stereocenters. The Kier molecular flexibility index (Phi) is 4.50. The van der Waals surface area contributed by atoms with Crippen LogP contribution in [0, 0.1) is 0 Å². The normalized spacial score (nSPS) is 12.3. The van der Waals surface area contributed by atoms with Gasteiger partial charge < -0.3 is 5.73 Å². The van der Waals surface area contributed by atoms with Crippen LogP contribution in [-0.2, 0) is 0 Å². The van der Waals surface area contributed by atoms with Gasteiger partial charge in [0.2, 0.25) is 0 Å². The molecular formula is C7H12N2. The molecule has 0 aromatic carbocycles. The molecule has 50 valence electrons. The predicted octanol–water partition coefficient (Wildman–Crippen LogP) is 1.45. The second kappa shape index (κ2) is 5.09. The van der Waals surface area contributed by atoms with E-state index < -0.39 is 0 Å². The molecule has 9 heavy (non-hydrogen) atoms. The third-order valence-corrected chi connectivity index (χ3v) is 0.825. The van der Waals surface area contributed by atoms with Gasteiger partial charge in [-0.3, -0.25) is 0 Å². The number of rotatable bonds is 3. The Morgan fingerprint density at radius 3 is 2.89 bits per heavy atom. The Bertz CT molecular complexity index is 134. The minimum Gasteiger partial charge on any atom is -0.387 e. The number of allylic oxidation sites excluding steroid dienone is 2. The van der Waals surface area contributed by atoms with E-state index in [2.05, 4.69) is 11.6 Å². The van der Waals surface area contributed by atoms with Gasteiger partial charge >= 0.3 is 0 Å². The molecule has 2 nitrogen and oxygen atoms in total. The zero-order chi connectivity index (χ0) is 7.11. The molecule has 0 spiro atoms. The second-order valence-corrected chi connectivity index (χ2v) is 1.55. The molecule has 0 aliphatic heterocycles. The lowest BCUT2D eigenvalue weighted by molar-refractivity contribution is 1.23. The average Bonchev–Trinajstić information content (AvgIpc) is 1.89. The Balaban J connectivity index is 3.67. The maximum Gasteiger partial charge on any atom is 0.0986 e. The van der Waals surface area contributed by atoms with E-state index in [1.807, 2.05) is 6.92 Å². The van der Waals surface area contributed by atoms with Gasteiger partial charge in [0.05, 0.1) is 5.84 Å². The van der Waals surface area contributed by atoms with Crippen LogP contribution in [0.25, 0.3) is 0 Å². The van der Waals surface area contributed by atoms with Crippen LogP contribution < -0.4 is 5.73 Å². The van der Waals surface area contributed by atoms with Gasteiger partial charge in [0.15, 0.2) is 0 Å². The molecule has 0 saturated carbocycles. The average molecular weight is 124 g/mol. The fourth-order valence-electron chi connectivity index (χ4n) is 0.291. The standard InChI is InChI=1S/C7H12N2/c1-3-5-6-9-7(8)4-2/h3,5-6H,1,4H2,2H3,(H2,8,9)/b6-5+. The quantitative estimate of drug-likeness (QED) is 0.345. The molecule has 0 aliphatic rings. The molecule has 0 rings (SSSR count). The molecule has 0 atom stereocenters. The van der Waals surface area contributed by atoms with E-state index in [-0.39, 0.29) is 0 Å². The molecule has 0 heterocycles. The maximum absolute atomic E-state index is 5.38. The fraction of sp³-hybridized carbons (Fsp3) is 0.286. The number of hydrogen-bond donors (Lipinski definition) is 1. The van der Waals surface area contributed by atoms with Crippen LogP contribution in [-0.4, -0.2) is 5.84 Å². The van der Waals surface area contributed by atoms with Crippen molar-refractivity contribution in [2.45, 2.75) is 13.3 Å². The Morgan fingerprint density at radius 1 is 1.78 bits per heavy atom. The van der Waals surface area contributed by atoms with E-state index in [0.717, 1.165) is 6.42 Å². The summed E-state index contributed by atoms with van der Waals surface area (Å²) in [5.74, 6) is 0.646. The van der Waals surface area contributed by atoms with Gasteiger partial charge in [-0.25, -0.2) is 4.99 Å². The highest BCUT2D eigenvalue weighted by Gasteiger charge is 1.78. The van der Waals surface area contributed by atoms with Crippen molar-refractivity contribution >= 4 is 5.84 Å². The first-order valence-corrected chi connectivity index (χ1v) is 2.91. The van der Waals surface area contributed by atoms with Crippen LogP contribution in [0.5, 0.6) is 0 Å². The molecule has 0 aromatic rings. The molecule has 2 heteroatoms. The summed E-state index contributed by atoms with van der Waals surface area (Å²) in [5, 5.41) is 0. The third kappa shape index (κ3) is 4.81. The van der Waals surface area contributed by atoms with E-state index >= 15 is 0 Å². The van der Waals surface area contributed by atoms with Crippen molar-refractivity contribution in [2.75, 3.05) is 0 Å². The highest BCUT2D eigenvalue weighted by atomic mass is 14.8. The predicted molar refractivity (Wildman–Crippen MR) is 41.3 cm³/mol. The largest absolute Gasteiger partial charge is 0.387 e. The minimum atomic E-state index is 0.646. The van der Waals surface area contributed by atoms with Crippen molar-refractivity contribution < 1.29 is 0 Å². The van der Waals surface area contributed by atoms with Gasteiger partial charge in [-0.05, 0) is 6.08 Å². The number of amidine groups is 1. The van der Waals surface area contributed by atoms with Crippen LogP contribution in [0.2, 0.25) is 0 Å². The number of aliphatic imine (C=N–C) groups is 1. The summed E-state index contributed by atoms with van der Waals surface area (Å²) in [6.45, 7) is 5.45. The first-order chi connectivity index (χ1) is 4.31. The minimum absolute atomic E-state index is 0.646. The smallest absolute Gasteiger partial charge is 0.0986 e. The molecular weight excluding hydrogens is 112 g/mol. The zero-order valence-electron chi connectivity index (χ0n) is 5.67. The topological polar surface area (TPSA) is 38.4 Å². The van der Waals surface area contributed by atoms with Gasteiger partial charge in [0, 0.05) is 12.6 Å². The molecule has 0 amide bonds. The van der Waals surface area contributed by atoms with Crippen LogP contribution in [0.4, 0.5) is 0 Å². The lowest BCUT2D eigenvalue weighted by atomic mass is 10.4. The molecule has 0 radical (unpaired) electrons.